The summed E-state index contributed by atoms with van der Waals surface area (Å²) in [6, 6.07) is 91.3. The molecule has 0 bridgehead atoms. The molecular formula is C73H42OSe. The molecule has 0 saturated heterocycles. The summed E-state index contributed by atoms with van der Waals surface area (Å²) in [5, 5.41) is 20.2. The fourth-order valence-corrected chi connectivity index (χ4v) is 15.9. The molecule has 0 atom stereocenters. The third kappa shape index (κ3) is 6.07. The first-order valence-corrected chi connectivity index (χ1v) is 27.7. The minimum absolute atomic E-state index is 0.0628. The molecule has 0 saturated carbocycles. The summed E-state index contributed by atoms with van der Waals surface area (Å²) in [6.07, 6.45) is 0.974. The number of furan rings is 1. The summed E-state index contributed by atoms with van der Waals surface area (Å²) in [4.78, 5) is 0. The number of fused-ring (bicyclic) bond motifs is 15. The monoisotopic (exact) mass is 1010 g/mol. The Hall–Kier alpha value is -9.04. The van der Waals surface area contributed by atoms with Gasteiger partial charge in [-0.25, -0.2) is 0 Å². The molecule has 0 radical (unpaired) electrons. The van der Waals surface area contributed by atoms with E-state index in [2.05, 4.69) is 243 Å². The number of hydrogen-bond acceptors (Lipinski definition) is 1. The molecule has 0 spiro atoms. The zero-order chi connectivity index (χ0) is 48.9. The van der Waals surface area contributed by atoms with E-state index in [-0.39, 0.29) is 14.5 Å². The van der Waals surface area contributed by atoms with Crippen LogP contribution in [-0.2, 0) is 6.42 Å². The number of benzene rings is 14. The first kappa shape index (κ1) is 41.4. The predicted molar refractivity (Wildman–Crippen MR) is 321 cm³/mol. The third-order valence-electron chi connectivity index (χ3n) is 16.6. The molecule has 75 heavy (non-hydrogen) atoms. The second-order valence-electron chi connectivity index (χ2n) is 20.6. The van der Waals surface area contributed by atoms with E-state index in [1.165, 1.54) is 151 Å². The van der Waals surface area contributed by atoms with Gasteiger partial charge >= 0.3 is 370 Å². The summed E-state index contributed by atoms with van der Waals surface area (Å²) >= 11 is 0.0628. The molecule has 2 heteroatoms. The minimum atomic E-state index is 0.0628. The zero-order valence-electron chi connectivity index (χ0n) is 40.6. The van der Waals surface area contributed by atoms with Crippen molar-refractivity contribution >= 4 is 120 Å². The van der Waals surface area contributed by atoms with Crippen LogP contribution in [0.2, 0.25) is 0 Å². The van der Waals surface area contributed by atoms with Gasteiger partial charge in [0.1, 0.15) is 0 Å². The van der Waals surface area contributed by atoms with E-state index in [1.54, 1.807) is 0 Å². The van der Waals surface area contributed by atoms with E-state index in [1.807, 2.05) is 0 Å². The van der Waals surface area contributed by atoms with Crippen molar-refractivity contribution in [3.05, 3.63) is 254 Å². The molecule has 17 rings (SSSR count). The van der Waals surface area contributed by atoms with Crippen LogP contribution in [0.25, 0.3) is 162 Å². The quantitative estimate of drug-likeness (QED) is 0.126. The molecule has 0 aliphatic heterocycles. The Morgan fingerprint density at radius 2 is 0.733 bits per heavy atom. The van der Waals surface area contributed by atoms with Gasteiger partial charge in [0.05, 0.1) is 0 Å². The molecule has 2 aromatic heterocycles. The molecule has 0 unspecified atom stereocenters. The van der Waals surface area contributed by atoms with E-state index in [4.69, 9.17) is 4.42 Å². The predicted octanol–water partition coefficient (Wildman–Crippen LogP) is 20.1. The first-order chi connectivity index (χ1) is 37.2. The molecule has 346 valence electrons. The SMILES string of the molecule is c1ccc2cc3c(cc2c1)Cc1ccc(-c2c4ccccc4c(-c4ccc5c(c4)[se]c4c(-c6c7ccccc7c(-c7ccc8oc9cc%10ccccc%10cc9c8c7)c7ccccc67)cccc45)c4ccccc24)cc1-3. The van der Waals surface area contributed by atoms with E-state index in [9.17, 15) is 0 Å². The van der Waals surface area contributed by atoms with E-state index < -0.39 is 0 Å². The summed E-state index contributed by atoms with van der Waals surface area (Å²) < 4.78 is 9.38. The van der Waals surface area contributed by atoms with Crippen molar-refractivity contribution in [3.8, 4) is 55.6 Å². The Bertz CT molecular complexity index is 5050. The van der Waals surface area contributed by atoms with Gasteiger partial charge in [-0.1, -0.05) is 54.6 Å². The molecule has 2 heterocycles. The van der Waals surface area contributed by atoms with Crippen LogP contribution >= 0.6 is 0 Å². The topological polar surface area (TPSA) is 13.1 Å². The average molecular weight is 1010 g/mol. The van der Waals surface area contributed by atoms with Gasteiger partial charge in [0.2, 0.25) is 0 Å². The Morgan fingerprint density at radius 3 is 1.36 bits per heavy atom. The van der Waals surface area contributed by atoms with Gasteiger partial charge in [-0.05, 0) is 16.2 Å². The molecule has 0 amide bonds. The third-order valence-corrected chi connectivity index (χ3v) is 19.1. The van der Waals surface area contributed by atoms with Gasteiger partial charge in [0, 0.05) is 0 Å². The van der Waals surface area contributed by atoms with Crippen LogP contribution in [0.4, 0.5) is 0 Å². The number of hydrogen-bond donors (Lipinski definition) is 0. The Balaban J connectivity index is 0.833. The van der Waals surface area contributed by atoms with Gasteiger partial charge < -0.3 is 0 Å². The van der Waals surface area contributed by atoms with Crippen LogP contribution in [0.3, 0.4) is 0 Å². The van der Waals surface area contributed by atoms with Crippen molar-refractivity contribution in [2.45, 2.75) is 6.42 Å². The number of rotatable bonds is 4. The van der Waals surface area contributed by atoms with Crippen LogP contribution in [0.5, 0.6) is 0 Å². The Morgan fingerprint density at radius 1 is 0.267 bits per heavy atom. The van der Waals surface area contributed by atoms with Crippen molar-refractivity contribution in [1.82, 2.24) is 0 Å². The van der Waals surface area contributed by atoms with Crippen LogP contribution in [0, 0.1) is 0 Å². The van der Waals surface area contributed by atoms with E-state index in [0.717, 1.165) is 28.4 Å². The Labute approximate surface area is 437 Å². The zero-order valence-corrected chi connectivity index (χ0v) is 42.3. The van der Waals surface area contributed by atoms with Gasteiger partial charge in [-0.3, -0.25) is 0 Å². The van der Waals surface area contributed by atoms with Crippen molar-refractivity contribution in [2.75, 3.05) is 0 Å². The maximum absolute atomic E-state index is 6.50. The van der Waals surface area contributed by atoms with Crippen LogP contribution in [-0.4, -0.2) is 14.5 Å². The van der Waals surface area contributed by atoms with Crippen molar-refractivity contribution in [1.29, 1.82) is 0 Å². The molecule has 14 aromatic carbocycles. The van der Waals surface area contributed by atoms with Crippen LogP contribution in [0.1, 0.15) is 11.1 Å². The second kappa shape index (κ2) is 15.7. The molecule has 0 N–H and O–H groups in total. The standard InChI is InChI=1S/C73H42OSe/c1-2-15-43-36-63-50(34-42(43)14-1)35-46-28-29-47(38-62(46)63)69-52-18-5-7-20-54(52)71(55-21-8-6-19-53(55)69)49-30-32-51-60-26-13-27-61(73(60)75-68(51)41-49)72-58-24-11-9-22-56(58)70(57-23-10-12-25-59(57)72)48-31-33-66-64(39-48)65-37-44-16-3-4-17-45(44)40-67(65)74-66/h1-34,36-41H,35H2. The average Bonchev–Trinajstić information content (AvgIpc) is 4.15. The molecule has 1 aliphatic carbocycles. The molecule has 16 aromatic rings. The van der Waals surface area contributed by atoms with E-state index in [0.29, 0.717) is 0 Å². The van der Waals surface area contributed by atoms with Gasteiger partial charge in [0.25, 0.3) is 0 Å². The first-order valence-electron chi connectivity index (χ1n) is 26.0. The summed E-state index contributed by atoms with van der Waals surface area (Å²) in [7, 11) is 0. The molecular weight excluding hydrogens is 972 g/mol. The molecule has 1 nitrogen and oxygen atoms in total. The fourth-order valence-electron chi connectivity index (χ4n) is 13.3. The van der Waals surface area contributed by atoms with Crippen LogP contribution < -0.4 is 0 Å². The summed E-state index contributed by atoms with van der Waals surface area (Å²) in [6.45, 7) is 0. The summed E-state index contributed by atoms with van der Waals surface area (Å²) in [5.74, 6) is 0. The van der Waals surface area contributed by atoms with Gasteiger partial charge in [0.15, 0.2) is 0 Å². The van der Waals surface area contributed by atoms with Gasteiger partial charge in [-0.2, -0.15) is 0 Å². The normalized spacial score (nSPS) is 12.5. The maximum atomic E-state index is 6.50. The molecule has 0 fully saturated rings. The van der Waals surface area contributed by atoms with Crippen molar-refractivity contribution < 1.29 is 4.42 Å². The van der Waals surface area contributed by atoms with Crippen LogP contribution in [0.15, 0.2) is 247 Å². The van der Waals surface area contributed by atoms with Gasteiger partial charge in [-0.15, -0.1) is 0 Å². The fraction of sp³-hybridized carbons (Fsp3) is 0.0137. The van der Waals surface area contributed by atoms with E-state index >= 15 is 0 Å². The Kier molecular flexibility index (Phi) is 8.69. The molecule has 1 aliphatic rings. The summed E-state index contributed by atoms with van der Waals surface area (Å²) in [5.41, 5.74) is 17.6. The van der Waals surface area contributed by atoms with Crippen molar-refractivity contribution in [3.63, 3.8) is 0 Å². The second-order valence-corrected chi connectivity index (χ2v) is 22.8. The van der Waals surface area contributed by atoms with Crippen molar-refractivity contribution in [2.24, 2.45) is 0 Å².